The molecule has 0 saturated carbocycles. The number of aromatic nitrogens is 2. The van der Waals surface area contributed by atoms with Crippen molar-refractivity contribution in [3.05, 3.63) is 33.3 Å². The molecule has 1 aromatic carbocycles. The number of ether oxygens (including phenoxy) is 1. The molecule has 0 radical (unpaired) electrons. The zero-order chi connectivity index (χ0) is 14.5. The first kappa shape index (κ1) is 14.7. The van der Waals surface area contributed by atoms with Gasteiger partial charge in [-0.05, 0) is 18.6 Å². The van der Waals surface area contributed by atoms with Crippen LogP contribution in [0.2, 0.25) is 0 Å². The van der Waals surface area contributed by atoms with Crippen LogP contribution in [0.4, 0.5) is 5.69 Å². The molecular formula is C12H12ClN3O3S. The van der Waals surface area contributed by atoms with Gasteiger partial charge in [-0.25, -0.2) is 0 Å². The quantitative estimate of drug-likeness (QED) is 0.464. The van der Waals surface area contributed by atoms with Crippen molar-refractivity contribution in [3.63, 3.8) is 0 Å². The lowest BCUT2D eigenvalue weighted by molar-refractivity contribution is -0.385. The van der Waals surface area contributed by atoms with Crippen molar-refractivity contribution in [3.8, 4) is 16.3 Å². The minimum atomic E-state index is -0.478. The van der Waals surface area contributed by atoms with E-state index in [4.69, 9.17) is 16.3 Å². The Labute approximate surface area is 124 Å². The highest BCUT2D eigenvalue weighted by Crippen LogP contribution is 2.33. The second kappa shape index (κ2) is 6.62. The van der Waals surface area contributed by atoms with Crippen LogP contribution in [0.1, 0.15) is 11.4 Å². The molecule has 1 aromatic heterocycles. The van der Waals surface area contributed by atoms with Crippen molar-refractivity contribution in [2.75, 3.05) is 13.0 Å². The van der Waals surface area contributed by atoms with E-state index in [2.05, 4.69) is 10.2 Å². The average molecular weight is 314 g/mol. The topological polar surface area (TPSA) is 78.2 Å². The van der Waals surface area contributed by atoms with Gasteiger partial charge in [0.05, 0.1) is 12.0 Å². The first-order valence-corrected chi connectivity index (χ1v) is 7.22. The Morgan fingerprint density at radius 1 is 1.45 bits per heavy atom. The molecule has 0 spiro atoms. The van der Waals surface area contributed by atoms with Gasteiger partial charge in [0.25, 0.3) is 0 Å². The zero-order valence-electron chi connectivity index (χ0n) is 10.7. The van der Waals surface area contributed by atoms with Gasteiger partial charge in [-0.15, -0.1) is 21.8 Å². The van der Waals surface area contributed by atoms with E-state index in [0.717, 1.165) is 23.4 Å². The summed E-state index contributed by atoms with van der Waals surface area (Å²) in [5, 5.41) is 20.6. The van der Waals surface area contributed by atoms with Gasteiger partial charge in [0, 0.05) is 23.9 Å². The molecule has 2 rings (SSSR count). The summed E-state index contributed by atoms with van der Waals surface area (Å²) in [5.41, 5.74) is 0.685. The molecule has 0 bridgehead atoms. The second-order valence-corrected chi connectivity index (χ2v) is 5.38. The van der Waals surface area contributed by atoms with E-state index >= 15 is 0 Å². The molecular weight excluding hydrogens is 302 g/mol. The van der Waals surface area contributed by atoms with Crippen LogP contribution in [0.15, 0.2) is 18.2 Å². The van der Waals surface area contributed by atoms with Crippen molar-refractivity contribution < 1.29 is 9.66 Å². The third-order valence-corrected chi connectivity index (χ3v) is 3.91. The van der Waals surface area contributed by atoms with Crippen LogP contribution >= 0.6 is 22.9 Å². The Morgan fingerprint density at radius 2 is 2.25 bits per heavy atom. The molecule has 2 aromatic rings. The number of hydrogen-bond donors (Lipinski definition) is 0. The summed E-state index contributed by atoms with van der Waals surface area (Å²) in [6, 6.07) is 4.66. The maximum absolute atomic E-state index is 10.8. The van der Waals surface area contributed by atoms with E-state index in [9.17, 15) is 10.1 Å². The Bertz CT molecular complexity index is 618. The Balaban J connectivity index is 2.28. The lowest BCUT2D eigenvalue weighted by atomic mass is 10.2. The van der Waals surface area contributed by atoms with Gasteiger partial charge >= 0.3 is 5.69 Å². The number of nitro groups is 1. The smallest absolute Gasteiger partial charge is 0.310 e. The van der Waals surface area contributed by atoms with E-state index in [1.807, 2.05) is 0 Å². The largest absolute Gasteiger partial charge is 0.490 e. The Morgan fingerprint density at radius 3 is 2.90 bits per heavy atom. The van der Waals surface area contributed by atoms with Crippen LogP contribution in [0.25, 0.3) is 10.6 Å². The van der Waals surface area contributed by atoms with Crippen molar-refractivity contribution in [2.24, 2.45) is 0 Å². The number of nitrogens with zero attached hydrogens (tertiary/aromatic N) is 3. The average Bonchev–Trinajstić information content (AvgIpc) is 2.93. The van der Waals surface area contributed by atoms with E-state index in [-0.39, 0.29) is 11.4 Å². The summed E-state index contributed by atoms with van der Waals surface area (Å²) in [4.78, 5) is 10.4. The highest BCUT2D eigenvalue weighted by molar-refractivity contribution is 7.14. The summed E-state index contributed by atoms with van der Waals surface area (Å²) in [6.45, 7) is 0. The molecule has 0 aliphatic rings. The van der Waals surface area contributed by atoms with Crippen LogP contribution < -0.4 is 4.74 Å². The number of aryl methyl sites for hydroxylation is 1. The molecule has 20 heavy (non-hydrogen) atoms. The predicted molar refractivity (Wildman–Crippen MR) is 77.6 cm³/mol. The summed E-state index contributed by atoms with van der Waals surface area (Å²) >= 11 is 7.09. The maximum Gasteiger partial charge on any atom is 0.310 e. The molecule has 0 aliphatic carbocycles. The molecule has 0 atom stereocenters. The number of halogens is 1. The van der Waals surface area contributed by atoms with Gasteiger partial charge in [0.15, 0.2) is 5.75 Å². The summed E-state index contributed by atoms with van der Waals surface area (Å²) < 4.78 is 5.04. The number of nitro benzene ring substituents is 1. The van der Waals surface area contributed by atoms with Gasteiger partial charge < -0.3 is 4.74 Å². The lowest BCUT2D eigenvalue weighted by Gasteiger charge is -2.02. The fourth-order valence-corrected chi connectivity index (χ4v) is 2.66. The summed E-state index contributed by atoms with van der Waals surface area (Å²) in [7, 11) is 1.40. The van der Waals surface area contributed by atoms with Crippen LogP contribution in [0, 0.1) is 10.1 Å². The van der Waals surface area contributed by atoms with Crippen LogP contribution in [0.3, 0.4) is 0 Å². The number of alkyl halides is 1. The number of hydrogen-bond acceptors (Lipinski definition) is 6. The third kappa shape index (κ3) is 3.23. The van der Waals surface area contributed by atoms with Gasteiger partial charge in [-0.2, -0.15) is 0 Å². The van der Waals surface area contributed by atoms with Gasteiger partial charge in [0.1, 0.15) is 10.0 Å². The SMILES string of the molecule is COc1cc(-c2nnc(CCCCl)s2)ccc1[N+](=O)[O-]. The fourth-order valence-electron chi connectivity index (χ4n) is 1.65. The molecule has 106 valence electrons. The van der Waals surface area contributed by atoms with E-state index in [0.29, 0.717) is 10.9 Å². The molecule has 1 heterocycles. The van der Waals surface area contributed by atoms with Crippen molar-refractivity contribution in [1.29, 1.82) is 0 Å². The molecule has 0 N–H and O–H groups in total. The predicted octanol–water partition coefficient (Wildman–Crippen LogP) is 3.29. The minimum absolute atomic E-state index is 0.0665. The van der Waals surface area contributed by atoms with E-state index in [1.165, 1.54) is 24.5 Å². The third-order valence-electron chi connectivity index (χ3n) is 2.61. The molecule has 0 fully saturated rings. The molecule has 0 unspecified atom stereocenters. The normalized spacial score (nSPS) is 10.5. The summed E-state index contributed by atoms with van der Waals surface area (Å²) in [5.74, 6) is 0.797. The van der Waals surface area contributed by atoms with Crippen molar-refractivity contribution in [1.82, 2.24) is 10.2 Å². The highest BCUT2D eigenvalue weighted by Gasteiger charge is 2.16. The molecule has 0 aliphatic heterocycles. The first-order valence-electron chi connectivity index (χ1n) is 5.87. The highest BCUT2D eigenvalue weighted by atomic mass is 35.5. The molecule has 6 nitrogen and oxygen atoms in total. The van der Waals surface area contributed by atoms with Crippen LogP contribution in [-0.2, 0) is 6.42 Å². The summed E-state index contributed by atoms with van der Waals surface area (Å²) in [6.07, 6.45) is 1.63. The zero-order valence-corrected chi connectivity index (χ0v) is 12.3. The monoisotopic (exact) mass is 313 g/mol. The number of benzene rings is 1. The molecule has 0 amide bonds. The van der Waals surface area contributed by atoms with Crippen molar-refractivity contribution >= 4 is 28.6 Å². The van der Waals surface area contributed by atoms with Crippen LogP contribution in [-0.4, -0.2) is 28.1 Å². The van der Waals surface area contributed by atoms with Gasteiger partial charge in [-0.3, -0.25) is 10.1 Å². The Hall–Kier alpha value is -1.73. The van der Waals surface area contributed by atoms with Gasteiger partial charge in [0.2, 0.25) is 0 Å². The second-order valence-electron chi connectivity index (χ2n) is 3.94. The van der Waals surface area contributed by atoms with Gasteiger partial charge in [-0.1, -0.05) is 11.3 Å². The molecule has 0 saturated heterocycles. The van der Waals surface area contributed by atoms with Crippen LogP contribution in [0.5, 0.6) is 5.75 Å². The number of rotatable bonds is 6. The minimum Gasteiger partial charge on any atom is -0.490 e. The number of methoxy groups -OCH3 is 1. The van der Waals surface area contributed by atoms with E-state index in [1.54, 1.807) is 12.1 Å². The standard InChI is InChI=1S/C12H12ClN3O3S/c1-19-10-7-8(4-5-9(10)16(17)18)12-15-14-11(20-12)3-2-6-13/h4-5,7H,2-3,6H2,1H3. The van der Waals surface area contributed by atoms with Crippen molar-refractivity contribution in [2.45, 2.75) is 12.8 Å². The maximum atomic E-state index is 10.8. The first-order chi connectivity index (χ1) is 9.65. The van der Waals surface area contributed by atoms with E-state index < -0.39 is 4.92 Å². The molecule has 8 heteroatoms. The fraction of sp³-hybridized carbons (Fsp3) is 0.333. The Kier molecular flexibility index (Phi) is 4.86. The lowest BCUT2D eigenvalue weighted by Crippen LogP contribution is -1.93.